The lowest BCUT2D eigenvalue weighted by atomic mass is 10.0. The van der Waals surface area contributed by atoms with Gasteiger partial charge in [0.2, 0.25) is 5.91 Å². The number of hydrogen-bond donors (Lipinski definition) is 4. The van der Waals surface area contributed by atoms with Crippen LogP contribution in [-0.4, -0.2) is 40.1 Å². The number of phenols is 3. The highest BCUT2D eigenvalue weighted by Gasteiger charge is 2.15. The number of nitrogens with one attached hydrogen (secondary N) is 1. The summed E-state index contributed by atoms with van der Waals surface area (Å²) in [5, 5.41) is 31.2. The number of Topliss-reactive ketones (excluding diaryl/α,β-unsaturated/α-hetero) is 1. The number of carbonyl (C=O) groups excluding carboxylic acids is 3. The number of phenolic OH excluding ortho intramolecular Hbond substituents is 3. The summed E-state index contributed by atoms with van der Waals surface area (Å²) in [4.78, 5) is 36.1. The molecule has 0 fully saturated rings. The quantitative estimate of drug-likeness (QED) is 0.207. The molecule has 0 aliphatic rings. The smallest absolute Gasteiger partial charge is 0.341 e. The molecule has 8 nitrogen and oxygen atoms in total. The van der Waals surface area contributed by atoms with Gasteiger partial charge in [0.05, 0.1) is 13.5 Å². The first-order chi connectivity index (χ1) is 14.8. The lowest BCUT2D eigenvalue weighted by Crippen LogP contribution is -2.16. The fraction of sp³-hybridized carbons (Fsp3) is 0.0870. The lowest BCUT2D eigenvalue weighted by Gasteiger charge is -2.09. The van der Waals surface area contributed by atoms with Gasteiger partial charge in [-0.3, -0.25) is 9.59 Å². The van der Waals surface area contributed by atoms with Gasteiger partial charge in [0.25, 0.3) is 0 Å². The van der Waals surface area contributed by atoms with Crippen LogP contribution in [0, 0.1) is 0 Å². The highest BCUT2D eigenvalue weighted by atomic mass is 16.5. The minimum Gasteiger partial charge on any atom is -0.507 e. The van der Waals surface area contributed by atoms with E-state index in [1.54, 1.807) is 30.3 Å². The van der Waals surface area contributed by atoms with E-state index < -0.39 is 29.8 Å². The standard InChI is InChI=1S/C23H19NO7/c1-31-23(30)17-10-14(4-8-18(17)25)13-2-6-16(7-3-13)24-22(29)12-20(27)15-5-9-19(26)21(28)11-15/h2-11,25-26,28H,12H2,1H3,(H,24,29). The fourth-order valence-electron chi connectivity index (χ4n) is 2.89. The van der Waals surface area contributed by atoms with Gasteiger partial charge in [-0.25, -0.2) is 4.79 Å². The first-order valence-electron chi connectivity index (χ1n) is 9.15. The number of esters is 1. The van der Waals surface area contributed by atoms with Crippen molar-refractivity contribution in [3.8, 4) is 28.4 Å². The second kappa shape index (κ2) is 9.00. The first-order valence-corrected chi connectivity index (χ1v) is 9.15. The van der Waals surface area contributed by atoms with Crippen molar-refractivity contribution in [2.24, 2.45) is 0 Å². The molecular formula is C23H19NO7. The van der Waals surface area contributed by atoms with Crippen LogP contribution in [0.25, 0.3) is 11.1 Å². The third-order valence-corrected chi connectivity index (χ3v) is 4.52. The molecule has 1 amide bonds. The van der Waals surface area contributed by atoms with Crippen LogP contribution in [0.1, 0.15) is 27.1 Å². The highest BCUT2D eigenvalue weighted by Crippen LogP contribution is 2.28. The van der Waals surface area contributed by atoms with E-state index in [0.717, 1.165) is 11.6 Å². The van der Waals surface area contributed by atoms with Crippen molar-refractivity contribution < 1.29 is 34.4 Å². The van der Waals surface area contributed by atoms with E-state index in [0.29, 0.717) is 11.3 Å². The normalized spacial score (nSPS) is 10.4. The monoisotopic (exact) mass is 421 g/mol. The number of hydrogen-bond acceptors (Lipinski definition) is 7. The molecule has 0 bridgehead atoms. The predicted molar refractivity (Wildman–Crippen MR) is 112 cm³/mol. The second-order valence-corrected chi connectivity index (χ2v) is 6.65. The van der Waals surface area contributed by atoms with E-state index in [1.165, 1.54) is 31.4 Å². The van der Waals surface area contributed by atoms with Crippen LogP contribution in [0.15, 0.2) is 60.7 Å². The van der Waals surface area contributed by atoms with Crippen molar-refractivity contribution in [2.45, 2.75) is 6.42 Å². The van der Waals surface area contributed by atoms with Gasteiger partial charge < -0.3 is 25.4 Å². The van der Waals surface area contributed by atoms with Crippen molar-refractivity contribution in [1.29, 1.82) is 0 Å². The minimum atomic E-state index is -0.658. The molecule has 4 N–H and O–H groups in total. The van der Waals surface area contributed by atoms with Crippen LogP contribution in [-0.2, 0) is 9.53 Å². The van der Waals surface area contributed by atoms with Crippen molar-refractivity contribution in [2.75, 3.05) is 12.4 Å². The zero-order chi connectivity index (χ0) is 22.5. The lowest BCUT2D eigenvalue weighted by molar-refractivity contribution is -0.115. The molecule has 0 unspecified atom stereocenters. The first kappa shape index (κ1) is 21.4. The summed E-state index contributed by atoms with van der Waals surface area (Å²) in [5.74, 6) is -2.69. The number of aromatic hydroxyl groups is 3. The molecule has 3 aromatic carbocycles. The van der Waals surface area contributed by atoms with Gasteiger partial charge in [0, 0.05) is 11.3 Å². The molecule has 0 saturated heterocycles. The van der Waals surface area contributed by atoms with Crippen LogP contribution in [0.3, 0.4) is 0 Å². The molecule has 3 rings (SSSR count). The van der Waals surface area contributed by atoms with E-state index >= 15 is 0 Å². The maximum absolute atomic E-state index is 12.2. The molecule has 0 aliphatic heterocycles. The van der Waals surface area contributed by atoms with Gasteiger partial charge >= 0.3 is 5.97 Å². The molecule has 0 radical (unpaired) electrons. The molecule has 158 valence electrons. The minimum absolute atomic E-state index is 0.0381. The summed E-state index contributed by atoms with van der Waals surface area (Å²) in [6.07, 6.45) is -0.438. The van der Waals surface area contributed by atoms with Crippen LogP contribution >= 0.6 is 0 Å². The summed E-state index contributed by atoms with van der Waals surface area (Å²) < 4.78 is 4.65. The topological polar surface area (TPSA) is 133 Å². The number of amides is 1. The number of ketones is 1. The zero-order valence-electron chi connectivity index (χ0n) is 16.5. The summed E-state index contributed by atoms with van der Waals surface area (Å²) in [7, 11) is 1.22. The Labute approximate surface area is 177 Å². The van der Waals surface area contributed by atoms with E-state index in [2.05, 4.69) is 10.1 Å². The Bertz CT molecular complexity index is 1150. The zero-order valence-corrected chi connectivity index (χ0v) is 16.5. The number of rotatable bonds is 6. The number of benzene rings is 3. The summed E-state index contributed by atoms with van der Waals surface area (Å²) in [6, 6.07) is 14.8. The summed E-state index contributed by atoms with van der Waals surface area (Å²) in [6.45, 7) is 0. The summed E-state index contributed by atoms with van der Waals surface area (Å²) in [5.41, 5.74) is 2.00. The van der Waals surface area contributed by atoms with Crippen molar-refractivity contribution in [3.63, 3.8) is 0 Å². The van der Waals surface area contributed by atoms with Crippen molar-refractivity contribution >= 4 is 23.3 Å². The van der Waals surface area contributed by atoms with Crippen LogP contribution in [0.2, 0.25) is 0 Å². The fourth-order valence-corrected chi connectivity index (χ4v) is 2.89. The Balaban J connectivity index is 1.68. The average Bonchev–Trinajstić information content (AvgIpc) is 2.76. The maximum Gasteiger partial charge on any atom is 0.341 e. The molecule has 0 aliphatic carbocycles. The highest BCUT2D eigenvalue weighted by molar-refractivity contribution is 6.11. The average molecular weight is 421 g/mol. The largest absolute Gasteiger partial charge is 0.507 e. The molecule has 0 spiro atoms. The van der Waals surface area contributed by atoms with Crippen molar-refractivity contribution in [1.82, 2.24) is 0 Å². The number of ether oxygens (including phenoxy) is 1. The van der Waals surface area contributed by atoms with E-state index in [4.69, 9.17) is 0 Å². The molecule has 0 atom stereocenters. The second-order valence-electron chi connectivity index (χ2n) is 6.65. The third-order valence-electron chi connectivity index (χ3n) is 4.52. The Kier molecular flexibility index (Phi) is 6.21. The SMILES string of the molecule is COC(=O)c1cc(-c2ccc(NC(=O)CC(=O)c3ccc(O)c(O)c3)cc2)ccc1O. The number of anilines is 1. The predicted octanol–water partition coefficient (Wildman–Crippen LogP) is 3.47. The summed E-state index contributed by atoms with van der Waals surface area (Å²) >= 11 is 0. The molecule has 0 aromatic heterocycles. The van der Waals surface area contributed by atoms with Crippen LogP contribution in [0.5, 0.6) is 17.2 Å². The molecule has 8 heteroatoms. The molecule has 31 heavy (non-hydrogen) atoms. The van der Waals surface area contributed by atoms with Crippen molar-refractivity contribution in [3.05, 3.63) is 71.8 Å². The van der Waals surface area contributed by atoms with Gasteiger partial charge in [-0.15, -0.1) is 0 Å². The van der Waals surface area contributed by atoms with Gasteiger partial charge in [0.15, 0.2) is 17.3 Å². The Hall–Kier alpha value is -4.33. The number of carbonyl (C=O) groups is 3. The van der Waals surface area contributed by atoms with Crippen LogP contribution in [0.4, 0.5) is 5.69 Å². The van der Waals surface area contributed by atoms with E-state index in [1.807, 2.05) is 0 Å². The van der Waals surface area contributed by atoms with E-state index in [9.17, 15) is 29.7 Å². The molecule has 0 saturated carbocycles. The van der Waals surface area contributed by atoms with Gasteiger partial charge in [0.1, 0.15) is 11.3 Å². The van der Waals surface area contributed by atoms with Gasteiger partial charge in [-0.05, 0) is 53.6 Å². The van der Waals surface area contributed by atoms with Gasteiger partial charge in [-0.2, -0.15) is 0 Å². The Morgan fingerprint density at radius 3 is 2.10 bits per heavy atom. The molecule has 0 heterocycles. The van der Waals surface area contributed by atoms with E-state index in [-0.39, 0.29) is 22.6 Å². The Morgan fingerprint density at radius 1 is 0.806 bits per heavy atom. The Morgan fingerprint density at radius 2 is 1.45 bits per heavy atom. The third kappa shape index (κ3) is 4.99. The van der Waals surface area contributed by atoms with Crippen LogP contribution < -0.4 is 5.32 Å². The molecule has 3 aromatic rings. The maximum atomic E-state index is 12.2. The van der Waals surface area contributed by atoms with Gasteiger partial charge in [-0.1, -0.05) is 18.2 Å². The number of methoxy groups -OCH3 is 1. The molecular weight excluding hydrogens is 402 g/mol.